The maximum absolute atomic E-state index is 12.2. The van der Waals surface area contributed by atoms with E-state index in [-0.39, 0.29) is 18.3 Å². The molecule has 0 unspecified atom stereocenters. The molecule has 0 aliphatic heterocycles. The van der Waals surface area contributed by atoms with Gasteiger partial charge in [0.25, 0.3) is 17.5 Å². The van der Waals surface area contributed by atoms with Gasteiger partial charge in [0, 0.05) is 17.0 Å². The standard InChI is InChI=1S/C18H16N6O3/c1-10-4-6-13(7-5-10)15-20-14(27-23-15)9-26-17(25)16-21-18-19-11(2)8-12(3)24(18)22-16/h4-8H,9H2,1-3H3. The number of hydrogen-bond donors (Lipinski definition) is 0. The molecule has 1 aromatic carbocycles. The number of benzene rings is 1. The van der Waals surface area contributed by atoms with Crippen LogP contribution in [0.5, 0.6) is 0 Å². The second kappa shape index (κ2) is 6.60. The summed E-state index contributed by atoms with van der Waals surface area (Å²) in [6, 6.07) is 9.56. The van der Waals surface area contributed by atoms with Gasteiger partial charge in [-0.05, 0) is 26.8 Å². The van der Waals surface area contributed by atoms with Gasteiger partial charge in [0.05, 0.1) is 0 Å². The summed E-state index contributed by atoms with van der Waals surface area (Å²) in [5.74, 6) is 0.205. The van der Waals surface area contributed by atoms with Crippen molar-refractivity contribution in [2.24, 2.45) is 0 Å². The number of ether oxygens (including phenoxy) is 1. The molecule has 0 radical (unpaired) electrons. The van der Waals surface area contributed by atoms with E-state index >= 15 is 0 Å². The molecule has 27 heavy (non-hydrogen) atoms. The molecular weight excluding hydrogens is 348 g/mol. The van der Waals surface area contributed by atoms with E-state index in [1.807, 2.05) is 51.1 Å². The topological polar surface area (TPSA) is 108 Å². The fraction of sp³-hybridized carbons (Fsp3) is 0.222. The first kappa shape index (κ1) is 16.8. The number of carbonyl (C=O) groups is 1. The molecule has 0 amide bonds. The van der Waals surface area contributed by atoms with E-state index in [1.54, 1.807) is 0 Å². The second-order valence-electron chi connectivity index (χ2n) is 6.14. The number of nitrogens with zero attached hydrogens (tertiary/aromatic N) is 6. The summed E-state index contributed by atoms with van der Waals surface area (Å²) in [7, 11) is 0. The Kier molecular flexibility index (Phi) is 4.11. The molecule has 0 saturated carbocycles. The molecule has 4 aromatic rings. The highest BCUT2D eigenvalue weighted by Crippen LogP contribution is 2.16. The summed E-state index contributed by atoms with van der Waals surface area (Å²) >= 11 is 0. The van der Waals surface area contributed by atoms with Gasteiger partial charge in [0.1, 0.15) is 0 Å². The number of esters is 1. The van der Waals surface area contributed by atoms with Crippen LogP contribution in [0.2, 0.25) is 0 Å². The summed E-state index contributed by atoms with van der Waals surface area (Å²) < 4.78 is 11.8. The van der Waals surface area contributed by atoms with Gasteiger partial charge >= 0.3 is 5.97 Å². The Morgan fingerprint density at radius 3 is 2.67 bits per heavy atom. The normalized spacial score (nSPS) is 11.1. The first-order valence-corrected chi connectivity index (χ1v) is 8.27. The van der Waals surface area contributed by atoms with E-state index in [1.165, 1.54) is 4.52 Å². The molecule has 0 bridgehead atoms. The smallest absolute Gasteiger partial charge is 0.378 e. The Hall–Kier alpha value is -3.62. The van der Waals surface area contributed by atoms with E-state index in [0.717, 1.165) is 22.5 Å². The summed E-state index contributed by atoms with van der Waals surface area (Å²) in [5.41, 5.74) is 3.57. The van der Waals surface area contributed by atoms with Gasteiger partial charge in [-0.1, -0.05) is 35.0 Å². The molecule has 3 heterocycles. The molecule has 4 rings (SSSR count). The van der Waals surface area contributed by atoms with Crippen LogP contribution in [-0.2, 0) is 11.3 Å². The highest BCUT2D eigenvalue weighted by Gasteiger charge is 2.18. The minimum atomic E-state index is -0.687. The predicted octanol–water partition coefficient (Wildman–Crippen LogP) is 2.46. The summed E-state index contributed by atoms with van der Waals surface area (Å²) in [4.78, 5) is 24.8. The number of rotatable bonds is 4. The number of carbonyl (C=O) groups excluding carboxylic acids is 1. The van der Waals surface area contributed by atoms with Gasteiger partial charge in [-0.25, -0.2) is 14.3 Å². The minimum Gasteiger partial charge on any atom is -0.450 e. The molecule has 0 fully saturated rings. The van der Waals surface area contributed by atoms with Crippen LogP contribution in [-0.4, -0.2) is 35.7 Å². The molecule has 9 nitrogen and oxygen atoms in total. The van der Waals surface area contributed by atoms with Crippen molar-refractivity contribution in [1.29, 1.82) is 0 Å². The van der Waals surface area contributed by atoms with Gasteiger partial charge in [-0.2, -0.15) is 9.97 Å². The van der Waals surface area contributed by atoms with Gasteiger partial charge in [0.15, 0.2) is 6.61 Å². The second-order valence-corrected chi connectivity index (χ2v) is 6.14. The number of hydrogen-bond acceptors (Lipinski definition) is 8. The van der Waals surface area contributed by atoms with E-state index < -0.39 is 5.97 Å². The molecule has 0 N–H and O–H groups in total. The third-order valence-corrected chi connectivity index (χ3v) is 3.91. The highest BCUT2D eigenvalue weighted by molar-refractivity contribution is 5.85. The van der Waals surface area contributed by atoms with Crippen LogP contribution < -0.4 is 0 Å². The first-order valence-electron chi connectivity index (χ1n) is 8.27. The third-order valence-electron chi connectivity index (χ3n) is 3.91. The average molecular weight is 364 g/mol. The minimum absolute atomic E-state index is 0.0746. The van der Waals surface area contributed by atoms with Crippen molar-refractivity contribution >= 4 is 11.7 Å². The van der Waals surface area contributed by atoms with E-state index in [0.29, 0.717) is 11.6 Å². The molecule has 9 heteroatoms. The zero-order valence-corrected chi connectivity index (χ0v) is 15.0. The lowest BCUT2D eigenvalue weighted by molar-refractivity contribution is 0.0415. The molecule has 3 aromatic heterocycles. The van der Waals surface area contributed by atoms with Crippen molar-refractivity contribution in [1.82, 2.24) is 29.7 Å². The fourth-order valence-electron chi connectivity index (χ4n) is 2.58. The van der Waals surface area contributed by atoms with Crippen molar-refractivity contribution in [2.45, 2.75) is 27.4 Å². The van der Waals surface area contributed by atoms with Crippen LogP contribution >= 0.6 is 0 Å². The molecule has 136 valence electrons. The number of aromatic nitrogens is 6. The van der Waals surface area contributed by atoms with Gasteiger partial charge < -0.3 is 9.26 Å². The Labute approximate surface area is 154 Å². The Morgan fingerprint density at radius 2 is 1.89 bits per heavy atom. The predicted molar refractivity (Wildman–Crippen MR) is 93.8 cm³/mol. The molecule has 0 spiro atoms. The summed E-state index contributed by atoms with van der Waals surface area (Å²) in [5, 5.41) is 8.03. The fourth-order valence-corrected chi connectivity index (χ4v) is 2.58. The van der Waals surface area contributed by atoms with Gasteiger partial charge in [-0.3, -0.25) is 0 Å². The zero-order valence-electron chi connectivity index (χ0n) is 15.0. The molecule has 0 aliphatic rings. The van der Waals surface area contributed by atoms with Crippen LogP contribution in [0.15, 0.2) is 34.9 Å². The lowest BCUT2D eigenvalue weighted by atomic mass is 10.1. The Bertz CT molecular complexity index is 1130. The van der Waals surface area contributed by atoms with E-state index in [2.05, 4.69) is 25.2 Å². The maximum atomic E-state index is 12.2. The first-order chi connectivity index (χ1) is 13.0. The van der Waals surface area contributed by atoms with Crippen molar-refractivity contribution in [3.05, 3.63) is 59.0 Å². The van der Waals surface area contributed by atoms with Crippen LogP contribution in [0.4, 0.5) is 0 Å². The number of aryl methyl sites for hydroxylation is 3. The van der Waals surface area contributed by atoms with Crippen molar-refractivity contribution in [2.75, 3.05) is 0 Å². The molecule has 0 aliphatic carbocycles. The van der Waals surface area contributed by atoms with Crippen molar-refractivity contribution < 1.29 is 14.1 Å². The molecule has 0 saturated heterocycles. The summed E-state index contributed by atoms with van der Waals surface area (Å²) in [6.07, 6.45) is 0. The molecule has 0 atom stereocenters. The summed E-state index contributed by atoms with van der Waals surface area (Å²) in [6.45, 7) is 5.53. The molecular formula is C18H16N6O3. The Morgan fingerprint density at radius 1 is 1.11 bits per heavy atom. The SMILES string of the molecule is Cc1ccc(-c2noc(COC(=O)c3nc4nc(C)cc(C)n4n3)n2)cc1. The monoisotopic (exact) mass is 364 g/mol. The van der Waals surface area contributed by atoms with Crippen LogP contribution in [0.25, 0.3) is 17.2 Å². The number of fused-ring (bicyclic) bond motifs is 1. The van der Waals surface area contributed by atoms with Gasteiger partial charge in [0.2, 0.25) is 5.82 Å². The zero-order chi connectivity index (χ0) is 19.0. The third kappa shape index (κ3) is 3.39. The van der Waals surface area contributed by atoms with Crippen molar-refractivity contribution in [3.63, 3.8) is 0 Å². The van der Waals surface area contributed by atoms with E-state index in [9.17, 15) is 4.79 Å². The largest absolute Gasteiger partial charge is 0.450 e. The van der Waals surface area contributed by atoms with Crippen molar-refractivity contribution in [3.8, 4) is 11.4 Å². The maximum Gasteiger partial charge on any atom is 0.378 e. The van der Waals surface area contributed by atoms with Gasteiger partial charge in [-0.15, -0.1) is 5.10 Å². The highest BCUT2D eigenvalue weighted by atomic mass is 16.6. The lowest BCUT2D eigenvalue weighted by Gasteiger charge is -1.97. The van der Waals surface area contributed by atoms with Crippen LogP contribution in [0, 0.1) is 20.8 Å². The average Bonchev–Trinajstić information content (AvgIpc) is 3.27. The lowest BCUT2D eigenvalue weighted by Crippen LogP contribution is -2.08. The van der Waals surface area contributed by atoms with E-state index in [4.69, 9.17) is 9.26 Å². The van der Waals surface area contributed by atoms with Crippen LogP contribution in [0.3, 0.4) is 0 Å². The van der Waals surface area contributed by atoms with Crippen LogP contribution in [0.1, 0.15) is 33.5 Å². The quantitative estimate of drug-likeness (QED) is 0.508. The Balaban J connectivity index is 1.47.